The Balaban J connectivity index is 1.89. The van der Waals surface area contributed by atoms with Crippen LogP contribution in [-0.2, 0) is 6.42 Å². The molecule has 1 amide bonds. The lowest BCUT2D eigenvalue weighted by Gasteiger charge is -2.04. The van der Waals surface area contributed by atoms with Crippen molar-refractivity contribution in [3.05, 3.63) is 57.6 Å². The van der Waals surface area contributed by atoms with Crippen molar-refractivity contribution in [2.45, 2.75) is 6.42 Å². The molecular formula is C13H11Cl2FN2O. The number of amides is 1. The molecule has 0 saturated carbocycles. The average molecular weight is 301 g/mol. The summed E-state index contributed by atoms with van der Waals surface area (Å²) in [6.07, 6.45) is 0.417. The van der Waals surface area contributed by atoms with Crippen LogP contribution in [0.3, 0.4) is 0 Å². The maximum atomic E-state index is 13.3. The highest BCUT2D eigenvalue weighted by atomic mass is 35.5. The number of rotatable bonds is 4. The minimum Gasteiger partial charge on any atom is -0.350 e. The van der Waals surface area contributed by atoms with Gasteiger partial charge in [0.05, 0.1) is 5.02 Å². The Morgan fingerprint density at radius 2 is 2.05 bits per heavy atom. The molecule has 0 spiro atoms. The van der Waals surface area contributed by atoms with Gasteiger partial charge in [-0.25, -0.2) is 4.39 Å². The van der Waals surface area contributed by atoms with E-state index in [-0.39, 0.29) is 22.6 Å². The smallest absolute Gasteiger partial charge is 0.267 e. The van der Waals surface area contributed by atoms with Gasteiger partial charge in [0, 0.05) is 6.54 Å². The zero-order valence-electron chi connectivity index (χ0n) is 9.84. The third-order valence-corrected chi connectivity index (χ3v) is 3.30. The van der Waals surface area contributed by atoms with Crippen LogP contribution in [0.15, 0.2) is 30.3 Å². The van der Waals surface area contributed by atoms with E-state index in [1.807, 2.05) is 0 Å². The van der Waals surface area contributed by atoms with Gasteiger partial charge in [0.25, 0.3) is 5.91 Å². The van der Waals surface area contributed by atoms with Crippen molar-refractivity contribution in [1.82, 2.24) is 10.3 Å². The number of carbonyl (C=O) groups excluding carboxylic acids is 1. The molecule has 100 valence electrons. The van der Waals surface area contributed by atoms with Gasteiger partial charge in [-0.1, -0.05) is 41.4 Å². The molecule has 0 atom stereocenters. The first-order chi connectivity index (χ1) is 9.08. The van der Waals surface area contributed by atoms with Crippen molar-refractivity contribution in [3.63, 3.8) is 0 Å². The van der Waals surface area contributed by atoms with E-state index in [1.54, 1.807) is 18.2 Å². The molecular weight excluding hydrogens is 290 g/mol. The van der Waals surface area contributed by atoms with Crippen LogP contribution in [0.4, 0.5) is 4.39 Å². The Kier molecular flexibility index (Phi) is 4.45. The summed E-state index contributed by atoms with van der Waals surface area (Å²) in [5, 5.41) is 3.18. The molecule has 19 heavy (non-hydrogen) atoms. The second-order valence-electron chi connectivity index (χ2n) is 3.94. The third kappa shape index (κ3) is 3.49. The summed E-state index contributed by atoms with van der Waals surface area (Å²) in [7, 11) is 0. The maximum Gasteiger partial charge on any atom is 0.267 e. The number of H-pyrrole nitrogens is 1. The number of benzene rings is 1. The molecule has 0 radical (unpaired) electrons. The summed E-state index contributed by atoms with van der Waals surface area (Å²) >= 11 is 11.4. The lowest BCUT2D eigenvalue weighted by Crippen LogP contribution is -2.26. The Hall–Kier alpha value is -1.52. The average Bonchev–Trinajstić information content (AvgIpc) is 2.72. The summed E-state index contributed by atoms with van der Waals surface area (Å²) in [5.74, 6) is -0.604. The topological polar surface area (TPSA) is 44.9 Å². The molecule has 2 N–H and O–H groups in total. The van der Waals surface area contributed by atoms with Gasteiger partial charge in [0.15, 0.2) is 0 Å². The minimum absolute atomic E-state index is 0.223. The molecule has 1 heterocycles. The van der Waals surface area contributed by atoms with Gasteiger partial charge in [-0.2, -0.15) is 0 Å². The van der Waals surface area contributed by atoms with Crippen LogP contribution in [-0.4, -0.2) is 17.4 Å². The number of aromatic nitrogens is 1. The molecule has 0 bridgehead atoms. The molecule has 0 fully saturated rings. The van der Waals surface area contributed by atoms with E-state index in [0.29, 0.717) is 23.6 Å². The van der Waals surface area contributed by atoms with E-state index in [0.717, 1.165) is 0 Å². The molecule has 0 aliphatic carbocycles. The van der Waals surface area contributed by atoms with Gasteiger partial charge in [-0.15, -0.1) is 0 Å². The van der Waals surface area contributed by atoms with Crippen LogP contribution in [0.1, 0.15) is 16.1 Å². The molecule has 2 rings (SSSR count). The van der Waals surface area contributed by atoms with E-state index in [9.17, 15) is 9.18 Å². The molecule has 2 aromatic rings. The summed E-state index contributed by atoms with van der Waals surface area (Å²) in [4.78, 5) is 14.4. The monoisotopic (exact) mass is 300 g/mol. The number of hydrogen-bond donors (Lipinski definition) is 2. The lowest BCUT2D eigenvalue weighted by molar-refractivity contribution is 0.0949. The number of hydrogen-bond acceptors (Lipinski definition) is 1. The van der Waals surface area contributed by atoms with E-state index in [1.165, 1.54) is 12.1 Å². The fourth-order valence-corrected chi connectivity index (χ4v) is 1.95. The fraction of sp³-hybridized carbons (Fsp3) is 0.154. The third-order valence-electron chi connectivity index (χ3n) is 2.61. The first kappa shape index (κ1) is 13.9. The van der Waals surface area contributed by atoms with Crippen LogP contribution in [0.2, 0.25) is 10.2 Å². The molecule has 1 aromatic heterocycles. The first-order valence-electron chi connectivity index (χ1n) is 5.63. The quantitative estimate of drug-likeness (QED) is 0.893. The first-order valence-corrected chi connectivity index (χ1v) is 6.39. The SMILES string of the molecule is O=C(NCCc1ccccc1F)c1cc(Cl)c(Cl)[nH]1. The summed E-state index contributed by atoms with van der Waals surface area (Å²) < 4.78 is 13.3. The second-order valence-corrected chi connectivity index (χ2v) is 4.73. The van der Waals surface area contributed by atoms with Gasteiger partial charge >= 0.3 is 0 Å². The maximum absolute atomic E-state index is 13.3. The predicted molar refractivity (Wildman–Crippen MR) is 73.2 cm³/mol. The lowest BCUT2D eigenvalue weighted by atomic mass is 10.1. The molecule has 1 aromatic carbocycles. The van der Waals surface area contributed by atoms with E-state index >= 15 is 0 Å². The number of aromatic amines is 1. The van der Waals surface area contributed by atoms with Gasteiger partial charge in [-0.3, -0.25) is 4.79 Å². The van der Waals surface area contributed by atoms with Crippen LogP contribution in [0, 0.1) is 5.82 Å². The molecule has 0 unspecified atom stereocenters. The Bertz CT molecular complexity index is 579. The number of halogens is 3. The largest absolute Gasteiger partial charge is 0.350 e. The van der Waals surface area contributed by atoms with E-state index in [4.69, 9.17) is 23.2 Å². The highest BCUT2D eigenvalue weighted by Crippen LogP contribution is 2.21. The highest BCUT2D eigenvalue weighted by molar-refractivity contribution is 6.41. The highest BCUT2D eigenvalue weighted by Gasteiger charge is 2.11. The predicted octanol–water partition coefficient (Wildman–Crippen LogP) is 3.43. The van der Waals surface area contributed by atoms with Gasteiger partial charge in [0.2, 0.25) is 0 Å². The van der Waals surface area contributed by atoms with Crippen molar-refractivity contribution in [3.8, 4) is 0 Å². The number of carbonyl (C=O) groups is 1. The van der Waals surface area contributed by atoms with Crippen LogP contribution in [0.25, 0.3) is 0 Å². The van der Waals surface area contributed by atoms with Crippen LogP contribution >= 0.6 is 23.2 Å². The van der Waals surface area contributed by atoms with Crippen molar-refractivity contribution < 1.29 is 9.18 Å². The zero-order chi connectivity index (χ0) is 13.8. The summed E-state index contributed by atoms with van der Waals surface area (Å²) in [6.45, 7) is 0.327. The van der Waals surface area contributed by atoms with Gasteiger partial charge in [-0.05, 0) is 24.1 Å². The van der Waals surface area contributed by atoms with Crippen molar-refractivity contribution in [2.75, 3.05) is 6.54 Å². The molecule has 0 aliphatic heterocycles. The Labute approximate surface area is 119 Å². The number of nitrogens with one attached hydrogen (secondary N) is 2. The normalized spacial score (nSPS) is 10.5. The molecule has 0 saturated heterocycles. The van der Waals surface area contributed by atoms with Crippen molar-refractivity contribution >= 4 is 29.1 Å². The van der Waals surface area contributed by atoms with Crippen LogP contribution < -0.4 is 5.32 Å². The van der Waals surface area contributed by atoms with Gasteiger partial charge in [0.1, 0.15) is 16.7 Å². The van der Waals surface area contributed by atoms with Crippen molar-refractivity contribution in [1.29, 1.82) is 0 Å². The van der Waals surface area contributed by atoms with Crippen LogP contribution in [0.5, 0.6) is 0 Å². The van der Waals surface area contributed by atoms with Crippen molar-refractivity contribution in [2.24, 2.45) is 0 Å². The molecule has 6 heteroatoms. The Morgan fingerprint density at radius 3 is 2.68 bits per heavy atom. The van der Waals surface area contributed by atoms with E-state index < -0.39 is 0 Å². The fourth-order valence-electron chi connectivity index (χ4n) is 1.63. The summed E-state index contributed by atoms with van der Waals surface area (Å²) in [6, 6.07) is 7.90. The standard InChI is InChI=1S/C13H11Cl2FN2O/c14-9-7-11(18-12(9)15)13(19)17-6-5-8-3-1-2-4-10(8)16/h1-4,7,18H,5-6H2,(H,17,19). The van der Waals surface area contributed by atoms with E-state index in [2.05, 4.69) is 10.3 Å². The van der Waals surface area contributed by atoms with Gasteiger partial charge < -0.3 is 10.3 Å². The second kappa shape index (κ2) is 6.08. The summed E-state index contributed by atoms with van der Waals surface area (Å²) in [5.41, 5.74) is 0.842. The molecule has 3 nitrogen and oxygen atoms in total. The molecule has 0 aliphatic rings. The minimum atomic E-state index is -0.329. The zero-order valence-corrected chi connectivity index (χ0v) is 11.4. The Morgan fingerprint density at radius 1 is 1.32 bits per heavy atom.